The van der Waals surface area contributed by atoms with Gasteiger partial charge >= 0.3 is 0 Å². The summed E-state index contributed by atoms with van der Waals surface area (Å²) in [6, 6.07) is 14.9. The Morgan fingerprint density at radius 1 is 1.15 bits per heavy atom. The SMILES string of the molecule is C[C@H]1Nc2ncnn2[C@@H](c2ccc(F)cc2)[C@@H]1C(=O)Nc1ccccc1. The summed E-state index contributed by atoms with van der Waals surface area (Å²) in [6.45, 7) is 1.93. The van der Waals surface area contributed by atoms with Crippen molar-refractivity contribution < 1.29 is 9.18 Å². The van der Waals surface area contributed by atoms with Crippen LogP contribution in [-0.2, 0) is 4.79 Å². The van der Waals surface area contributed by atoms with Gasteiger partial charge in [-0.15, -0.1) is 0 Å². The molecular formula is C19H18FN5O. The monoisotopic (exact) mass is 351 g/mol. The number of nitrogens with zero attached hydrogens (tertiary/aromatic N) is 3. The van der Waals surface area contributed by atoms with Crippen LogP contribution >= 0.6 is 0 Å². The van der Waals surface area contributed by atoms with Crippen LogP contribution in [0.4, 0.5) is 16.0 Å². The fraction of sp³-hybridized carbons (Fsp3) is 0.211. The van der Waals surface area contributed by atoms with Crippen molar-refractivity contribution >= 4 is 17.5 Å². The van der Waals surface area contributed by atoms with Gasteiger partial charge in [-0.05, 0) is 36.8 Å². The van der Waals surface area contributed by atoms with Crippen molar-refractivity contribution in [1.82, 2.24) is 14.8 Å². The minimum atomic E-state index is -0.449. The zero-order valence-electron chi connectivity index (χ0n) is 14.1. The van der Waals surface area contributed by atoms with Crippen LogP contribution in [0.2, 0.25) is 0 Å². The Morgan fingerprint density at radius 3 is 2.62 bits per heavy atom. The lowest BCUT2D eigenvalue weighted by Gasteiger charge is -2.36. The molecule has 0 unspecified atom stereocenters. The molecule has 7 heteroatoms. The maximum absolute atomic E-state index is 13.4. The van der Waals surface area contributed by atoms with E-state index in [2.05, 4.69) is 20.7 Å². The molecule has 0 saturated carbocycles. The van der Waals surface area contributed by atoms with Gasteiger partial charge in [0.05, 0.1) is 12.0 Å². The van der Waals surface area contributed by atoms with Crippen LogP contribution in [0, 0.1) is 11.7 Å². The first-order chi connectivity index (χ1) is 12.6. The minimum absolute atomic E-state index is 0.133. The largest absolute Gasteiger partial charge is 0.351 e. The smallest absolute Gasteiger partial charge is 0.232 e. The summed E-state index contributed by atoms with van der Waals surface area (Å²) in [6.07, 6.45) is 1.45. The lowest BCUT2D eigenvalue weighted by molar-refractivity contribution is -0.121. The predicted molar refractivity (Wildman–Crippen MR) is 96.2 cm³/mol. The number of nitrogens with one attached hydrogen (secondary N) is 2. The molecule has 0 saturated heterocycles. The molecule has 2 heterocycles. The topological polar surface area (TPSA) is 71.8 Å². The number of fused-ring (bicyclic) bond motifs is 1. The second-order valence-electron chi connectivity index (χ2n) is 6.34. The van der Waals surface area contributed by atoms with Crippen LogP contribution in [-0.4, -0.2) is 26.7 Å². The standard InChI is InChI=1S/C19H18FN5O/c1-12-16(18(26)24-15-5-3-2-4-6-15)17(13-7-9-14(20)10-8-13)25-19(23-12)21-11-22-25/h2-12,16-17H,1H3,(H,24,26)(H,21,22,23)/t12-,16-,17+/m1/s1. The number of anilines is 2. The summed E-state index contributed by atoms with van der Waals surface area (Å²) < 4.78 is 15.1. The van der Waals surface area contributed by atoms with E-state index < -0.39 is 5.92 Å². The number of hydrogen-bond donors (Lipinski definition) is 2. The quantitative estimate of drug-likeness (QED) is 0.761. The van der Waals surface area contributed by atoms with Crippen molar-refractivity contribution in [3.8, 4) is 0 Å². The lowest BCUT2D eigenvalue weighted by Crippen LogP contribution is -2.46. The van der Waals surface area contributed by atoms with Gasteiger partial charge in [-0.25, -0.2) is 9.07 Å². The molecule has 3 aromatic rings. The zero-order valence-corrected chi connectivity index (χ0v) is 14.1. The summed E-state index contributed by atoms with van der Waals surface area (Å²) >= 11 is 0. The number of aromatic nitrogens is 3. The van der Waals surface area contributed by atoms with Crippen molar-refractivity contribution in [2.45, 2.75) is 19.0 Å². The number of benzene rings is 2. The maximum Gasteiger partial charge on any atom is 0.232 e. The van der Waals surface area contributed by atoms with E-state index in [4.69, 9.17) is 0 Å². The van der Waals surface area contributed by atoms with E-state index in [9.17, 15) is 9.18 Å². The maximum atomic E-state index is 13.4. The summed E-state index contributed by atoms with van der Waals surface area (Å²) in [7, 11) is 0. The van der Waals surface area contributed by atoms with Gasteiger partial charge in [0.25, 0.3) is 0 Å². The first-order valence-corrected chi connectivity index (χ1v) is 8.41. The molecule has 0 fully saturated rings. The van der Waals surface area contributed by atoms with Gasteiger partial charge in [-0.3, -0.25) is 4.79 Å². The number of halogens is 1. The normalized spacial score (nSPS) is 21.5. The highest BCUT2D eigenvalue weighted by Crippen LogP contribution is 2.36. The van der Waals surface area contributed by atoms with Crippen LogP contribution in [0.15, 0.2) is 60.9 Å². The summed E-state index contributed by atoms with van der Waals surface area (Å²) in [5.41, 5.74) is 1.53. The van der Waals surface area contributed by atoms with Crippen LogP contribution in [0.25, 0.3) is 0 Å². The van der Waals surface area contributed by atoms with E-state index in [1.165, 1.54) is 18.5 Å². The van der Waals surface area contributed by atoms with Crippen LogP contribution in [0.1, 0.15) is 18.5 Å². The Bertz CT molecular complexity index is 909. The molecule has 1 aliphatic rings. The minimum Gasteiger partial charge on any atom is -0.351 e. The van der Waals surface area contributed by atoms with Gasteiger partial charge in [0.2, 0.25) is 11.9 Å². The summed E-state index contributed by atoms with van der Waals surface area (Å²) in [5, 5.41) is 10.5. The zero-order chi connectivity index (χ0) is 18.1. The van der Waals surface area contributed by atoms with E-state index >= 15 is 0 Å². The second-order valence-corrected chi connectivity index (χ2v) is 6.34. The highest BCUT2D eigenvalue weighted by Gasteiger charge is 2.41. The van der Waals surface area contributed by atoms with Gasteiger partial charge < -0.3 is 10.6 Å². The van der Waals surface area contributed by atoms with Gasteiger partial charge in [0, 0.05) is 11.7 Å². The fourth-order valence-corrected chi connectivity index (χ4v) is 3.40. The molecule has 1 aliphatic heterocycles. The van der Waals surface area contributed by atoms with Gasteiger partial charge in [0.15, 0.2) is 0 Å². The predicted octanol–water partition coefficient (Wildman–Crippen LogP) is 3.08. The summed E-state index contributed by atoms with van der Waals surface area (Å²) in [4.78, 5) is 17.3. The Balaban J connectivity index is 1.73. The van der Waals surface area contributed by atoms with E-state index in [-0.39, 0.29) is 23.8 Å². The van der Waals surface area contributed by atoms with Crippen molar-refractivity contribution in [2.75, 3.05) is 10.6 Å². The lowest BCUT2D eigenvalue weighted by atomic mass is 9.85. The van der Waals surface area contributed by atoms with E-state index in [0.29, 0.717) is 5.95 Å². The molecule has 2 N–H and O–H groups in total. The average Bonchev–Trinajstić information content (AvgIpc) is 3.10. The van der Waals surface area contributed by atoms with Crippen LogP contribution in [0.5, 0.6) is 0 Å². The van der Waals surface area contributed by atoms with Gasteiger partial charge in [-0.2, -0.15) is 10.1 Å². The number of carbonyl (C=O) groups is 1. The molecular weight excluding hydrogens is 333 g/mol. The Kier molecular flexibility index (Phi) is 4.12. The Hall–Kier alpha value is -3.22. The third-order valence-electron chi connectivity index (χ3n) is 4.63. The van der Waals surface area contributed by atoms with Crippen LogP contribution in [0.3, 0.4) is 0 Å². The molecule has 4 rings (SSSR count). The number of carbonyl (C=O) groups excluding carboxylic acids is 1. The molecule has 6 nitrogen and oxygen atoms in total. The molecule has 2 aromatic carbocycles. The van der Waals surface area contributed by atoms with Crippen LogP contribution < -0.4 is 10.6 Å². The van der Waals surface area contributed by atoms with Gasteiger partial charge in [0.1, 0.15) is 12.1 Å². The molecule has 0 spiro atoms. The molecule has 0 radical (unpaired) electrons. The molecule has 0 aliphatic carbocycles. The molecule has 3 atom stereocenters. The Morgan fingerprint density at radius 2 is 1.88 bits per heavy atom. The van der Waals surface area contributed by atoms with Crippen molar-refractivity contribution in [3.05, 3.63) is 72.3 Å². The molecule has 26 heavy (non-hydrogen) atoms. The van der Waals surface area contributed by atoms with Gasteiger partial charge in [-0.1, -0.05) is 30.3 Å². The van der Waals surface area contributed by atoms with E-state index in [0.717, 1.165) is 11.3 Å². The highest BCUT2D eigenvalue weighted by molar-refractivity contribution is 5.94. The number of para-hydroxylation sites is 1. The first kappa shape index (κ1) is 16.3. The number of rotatable bonds is 3. The van der Waals surface area contributed by atoms with E-state index in [1.807, 2.05) is 37.3 Å². The molecule has 1 aromatic heterocycles. The van der Waals surface area contributed by atoms with Crippen molar-refractivity contribution in [1.29, 1.82) is 0 Å². The second kappa shape index (κ2) is 6.59. The third kappa shape index (κ3) is 2.92. The molecule has 132 valence electrons. The summed E-state index contributed by atoms with van der Waals surface area (Å²) in [5.74, 6) is -0.308. The first-order valence-electron chi connectivity index (χ1n) is 8.41. The average molecular weight is 351 g/mol. The number of hydrogen-bond acceptors (Lipinski definition) is 4. The highest BCUT2D eigenvalue weighted by atomic mass is 19.1. The third-order valence-corrected chi connectivity index (χ3v) is 4.63. The van der Waals surface area contributed by atoms with Crippen molar-refractivity contribution in [3.63, 3.8) is 0 Å². The fourth-order valence-electron chi connectivity index (χ4n) is 3.40. The van der Waals surface area contributed by atoms with E-state index in [1.54, 1.807) is 16.8 Å². The molecule has 0 bridgehead atoms. The van der Waals surface area contributed by atoms with Crippen molar-refractivity contribution in [2.24, 2.45) is 5.92 Å². The number of amides is 1. The Labute approximate surface area is 150 Å². The molecule has 1 amide bonds.